The minimum absolute atomic E-state index is 0.0773. The van der Waals surface area contributed by atoms with E-state index in [1.54, 1.807) is 0 Å². The van der Waals surface area contributed by atoms with Gasteiger partial charge in [0.05, 0.1) is 19.3 Å². The standard InChI is InChI=1S/C19H32N2O3/c1-4-12-23-17-7-6-16(14-18(17)24-13-5-2)19(22)15(3)21-10-8-20-9-11-21/h6-7,14-15,19-20,22H,4-5,8-13H2,1-3H3. The summed E-state index contributed by atoms with van der Waals surface area (Å²) in [6.07, 6.45) is 1.36. The summed E-state index contributed by atoms with van der Waals surface area (Å²) in [4.78, 5) is 2.33. The molecule has 1 saturated heterocycles. The first kappa shape index (κ1) is 19.0. The van der Waals surface area contributed by atoms with Crippen LogP contribution in [-0.2, 0) is 0 Å². The molecule has 1 fully saturated rings. The second-order valence-corrected chi connectivity index (χ2v) is 6.37. The molecule has 24 heavy (non-hydrogen) atoms. The Balaban J connectivity index is 2.12. The predicted octanol–water partition coefficient (Wildman–Crippen LogP) is 2.59. The van der Waals surface area contributed by atoms with E-state index in [-0.39, 0.29) is 6.04 Å². The lowest BCUT2D eigenvalue weighted by Crippen LogP contribution is -2.49. The molecule has 0 aliphatic carbocycles. The van der Waals surface area contributed by atoms with Crippen LogP contribution in [0.5, 0.6) is 11.5 Å². The van der Waals surface area contributed by atoms with Crippen molar-refractivity contribution in [1.82, 2.24) is 10.2 Å². The fourth-order valence-corrected chi connectivity index (χ4v) is 2.93. The quantitative estimate of drug-likeness (QED) is 0.726. The van der Waals surface area contributed by atoms with Gasteiger partial charge in [-0.3, -0.25) is 4.90 Å². The fourth-order valence-electron chi connectivity index (χ4n) is 2.93. The number of aliphatic hydroxyl groups excluding tert-OH is 1. The Kier molecular flexibility index (Phi) is 7.82. The van der Waals surface area contributed by atoms with Gasteiger partial charge in [0.25, 0.3) is 0 Å². The summed E-state index contributed by atoms with van der Waals surface area (Å²) in [6, 6.07) is 5.88. The highest BCUT2D eigenvalue weighted by Gasteiger charge is 2.25. The number of hydrogen-bond donors (Lipinski definition) is 2. The smallest absolute Gasteiger partial charge is 0.161 e. The first-order valence-corrected chi connectivity index (χ1v) is 9.19. The van der Waals surface area contributed by atoms with Crippen molar-refractivity contribution in [2.24, 2.45) is 0 Å². The number of aliphatic hydroxyl groups is 1. The van der Waals surface area contributed by atoms with Gasteiger partial charge in [0.15, 0.2) is 11.5 Å². The maximum atomic E-state index is 10.8. The summed E-state index contributed by atoms with van der Waals surface area (Å²) >= 11 is 0. The van der Waals surface area contributed by atoms with Gasteiger partial charge in [-0.2, -0.15) is 0 Å². The van der Waals surface area contributed by atoms with Crippen molar-refractivity contribution in [3.8, 4) is 11.5 Å². The van der Waals surface area contributed by atoms with Crippen LogP contribution in [0.1, 0.15) is 45.3 Å². The zero-order chi connectivity index (χ0) is 17.4. The van der Waals surface area contributed by atoms with Crippen molar-refractivity contribution in [3.63, 3.8) is 0 Å². The predicted molar refractivity (Wildman–Crippen MR) is 96.9 cm³/mol. The van der Waals surface area contributed by atoms with Crippen molar-refractivity contribution < 1.29 is 14.6 Å². The largest absolute Gasteiger partial charge is 0.490 e. The highest BCUT2D eigenvalue weighted by Crippen LogP contribution is 2.32. The number of benzene rings is 1. The Morgan fingerprint density at radius 2 is 1.71 bits per heavy atom. The maximum absolute atomic E-state index is 10.8. The van der Waals surface area contributed by atoms with Gasteiger partial charge in [0.1, 0.15) is 0 Å². The molecular formula is C19H32N2O3. The third-order valence-electron chi connectivity index (χ3n) is 4.42. The van der Waals surface area contributed by atoms with E-state index in [1.165, 1.54) is 0 Å². The highest BCUT2D eigenvalue weighted by molar-refractivity contribution is 5.44. The summed E-state index contributed by atoms with van der Waals surface area (Å²) in [5.41, 5.74) is 0.885. The third kappa shape index (κ3) is 5.10. The molecule has 2 N–H and O–H groups in total. The summed E-state index contributed by atoms with van der Waals surface area (Å²) in [7, 11) is 0. The molecule has 1 aromatic rings. The van der Waals surface area contributed by atoms with Gasteiger partial charge in [0, 0.05) is 32.2 Å². The van der Waals surface area contributed by atoms with Crippen LogP contribution < -0.4 is 14.8 Å². The van der Waals surface area contributed by atoms with E-state index in [4.69, 9.17) is 9.47 Å². The van der Waals surface area contributed by atoms with Crippen molar-refractivity contribution in [2.45, 2.75) is 45.8 Å². The van der Waals surface area contributed by atoms with Crippen LogP contribution in [0.2, 0.25) is 0 Å². The second-order valence-electron chi connectivity index (χ2n) is 6.37. The molecule has 0 radical (unpaired) electrons. The summed E-state index contributed by atoms with van der Waals surface area (Å²) in [5, 5.41) is 14.1. The molecule has 0 amide bonds. The molecule has 2 rings (SSSR count). The second kappa shape index (κ2) is 9.87. The van der Waals surface area contributed by atoms with E-state index in [0.717, 1.165) is 56.1 Å². The van der Waals surface area contributed by atoms with Crippen LogP contribution in [-0.4, -0.2) is 55.4 Å². The molecule has 5 heteroatoms. The molecule has 1 aliphatic heterocycles. The van der Waals surface area contributed by atoms with Crippen LogP contribution in [0.4, 0.5) is 0 Å². The zero-order valence-electron chi connectivity index (χ0n) is 15.3. The van der Waals surface area contributed by atoms with E-state index < -0.39 is 6.10 Å². The average molecular weight is 336 g/mol. The van der Waals surface area contributed by atoms with Crippen molar-refractivity contribution in [1.29, 1.82) is 0 Å². The van der Waals surface area contributed by atoms with Gasteiger partial charge in [-0.15, -0.1) is 0 Å². The molecule has 1 aliphatic rings. The van der Waals surface area contributed by atoms with E-state index in [9.17, 15) is 5.11 Å². The maximum Gasteiger partial charge on any atom is 0.161 e. The minimum Gasteiger partial charge on any atom is -0.490 e. The molecule has 2 atom stereocenters. The normalized spacial score (nSPS) is 18.2. The molecule has 0 bridgehead atoms. The van der Waals surface area contributed by atoms with Crippen LogP contribution in [0.25, 0.3) is 0 Å². The van der Waals surface area contributed by atoms with Gasteiger partial charge in [-0.05, 0) is 37.5 Å². The van der Waals surface area contributed by atoms with E-state index >= 15 is 0 Å². The number of rotatable bonds is 9. The van der Waals surface area contributed by atoms with Gasteiger partial charge in [0.2, 0.25) is 0 Å². The Bertz CT molecular complexity index is 490. The van der Waals surface area contributed by atoms with Crippen molar-refractivity contribution in [3.05, 3.63) is 23.8 Å². The Morgan fingerprint density at radius 3 is 2.33 bits per heavy atom. The van der Waals surface area contributed by atoms with Gasteiger partial charge < -0.3 is 19.9 Å². The summed E-state index contributed by atoms with van der Waals surface area (Å²) in [5.74, 6) is 1.49. The molecule has 0 aromatic heterocycles. The number of nitrogens with zero attached hydrogens (tertiary/aromatic N) is 1. The Labute approximate surface area is 146 Å². The summed E-state index contributed by atoms with van der Waals surface area (Å²) < 4.78 is 11.6. The monoisotopic (exact) mass is 336 g/mol. The molecule has 1 heterocycles. The van der Waals surface area contributed by atoms with E-state index in [1.807, 2.05) is 18.2 Å². The van der Waals surface area contributed by atoms with Gasteiger partial charge >= 0.3 is 0 Å². The van der Waals surface area contributed by atoms with Crippen molar-refractivity contribution in [2.75, 3.05) is 39.4 Å². The Morgan fingerprint density at radius 1 is 1.08 bits per heavy atom. The van der Waals surface area contributed by atoms with E-state index in [2.05, 4.69) is 31.0 Å². The lowest BCUT2D eigenvalue weighted by Gasteiger charge is -2.35. The Hall–Kier alpha value is -1.30. The summed E-state index contributed by atoms with van der Waals surface area (Å²) in [6.45, 7) is 11.5. The third-order valence-corrected chi connectivity index (χ3v) is 4.42. The number of hydrogen-bond acceptors (Lipinski definition) is 5. The van der Waals surface area contributed by atoms with Gasteiger partial charge in [-0.1, -0.05) is 19.9 Å². The first-order chi connectivity index (χ1) is 11.7. The number of piperazine rings is 1. The van der Waals surface area contributed by atoms with Crippen LogP contribution in [0.3, 0.4) is 0 Å². The number of ether oxygens (including phenoxy) is 2. The molecule has 2 unspecified atom stereocenters. The molecule has 136 valence electrons. The van der Waals surface area contributed by atoms with Gasteiger partial charge in [-0.25, -0.2) is 0 Å². The topological polar surface area (TPSA) is 54.0 Å². The minimum atomic E-state index is -0.535. The molecule has 0 spiro atoms. The lowest BCUT2D eigenvalue weighted by molar-refractivity contribution is 0.0508. The average Bonchev–Trinajstić information content (AvgIpc) is 2.64. The lowest BCUT2D eigenvalue weighted by atomic mass is 10.0. The van der Waals surface area contributed by atoms with Crippen LogP contribution in [0, 0.1) is 0 Å². The fraction of sp³-hybridized carbons (Fsp3) is 0.684. The SMILES string of the molecule is CCCOc1ccc(C(O)C(C)N2CCNCC2)cc1OCCC. The van der Waals surface area contributed by atoms with E-state index in [0.29, 0.717) is 13.2 Å². The zero-order valence-corrected chi connectivity index (χ0v) is 15.3. The molecule has 0 saturated carbocycles. The van der Waals surface area contributed by atoms with Crippen LogP contribution >= 0.6 is 0 Å². The molecular weight excluding hydrogens is 304 g/mol. The number of nitrogens with one attached hydrogen (secondary N) is 1. The van der Waals surface area contributed by atoms with Crippen LogP contribution in [0.15, 0.2) is 18.2 Å². The molecule has 1 aromatic carbocycles. The first-order valence-electron chi connectivity index (χ1n) is 9.19. The van der Waals surface area contributed by atoms with Crippen molar-refractivity contribution >= 4 is 0 Å². The molecule has 5 nitrogen and oxygen atoms in total. The highest BCUT2D eigenvalue weighted by atomic mass is 16.5.